The molecule has 1 aromatic carbocycles. The lowest BCUT2D eigenvalue weighted by atomic mass is 10.1. The van der Waals surface area contributed by atoms with E-state index in [-0.39, 0.29) is 24.3 Å². The van der Waals surface area contributed by atoms with Crippen LogP contribution >= 0.6 is 39.0 Å². The maximum absolute atomic E-state index is 12.7. The molecule has 2 aromatic heterocycles. The van der Waals surface area contributed by atoms with Crippen molar-refractivity contribution >= 4 is 56.5 Å². The molecule has 0 aliphatic rings. The summed E-state index contributed by atoms with van der Waals surface area (Å²) in [5.41, 5.74) is 0.639. The van der Waals surface area contributed by atoms with Crippen LogP contribution in [0.4, 0.5) is 5.69 Å². The number of anilines is 1. The van der Waals surface area contributed by atoms with Gasteiger partial charge in [-0.15, -0.1) is 16.4 Å². The number of hydrogen-bond donors (Lipinski definition) is 2. The fourth-order valence-electron chi connectivity index (χ4n) is 2.44. The summed E-state index contributed by atoms with van der Waals surface area (Å²) < 4.78 is 2.39. The van der Waals surface area contributed by atoms with Gasteiger partial charge in [-0.2, -0.15) is 0 Å². The van der Waals surface area contributed by atoms with Crippen molar-refractivity contribution in [1.82, 2.24) is 25.5 Å². The molecule has 1 atom stereocenters. The molecule has 0 aliphatic heterocycles. The number of nitrogens with zero attached hydrogens (tertiary/aromatic N) is 4. The molecule has 0 bridgehead atoms. The van der Waals surface area contributed by atoms with Gasteiger partial charge in [0.05, 0.1) is 18.2 Å². The van der Waals surface area contributed by atoms with Gasteiger partial charge in [0.1, 0.15) is 0 Å². The average Bonchev–Trinajstić information content (AvgIpc) is 3.28. The summed E-state index contributed by atoms with van der Waals surface area (Å²) in [6.45, 7) is 1.44. The zero-order valence-corrected chi connectivity index (χ0v) is 18.3. The number of halogens is 1. The van der Waals surface area contributed by atoms with E-state index < -0.39 is 0 Å². The van der Waals surface area contributed by atoms with E-state index in [0.29, 0.717) is 10.8 Å². The number of carbonyl (C=O) groups is 2. The van der Waals surface area contributed by atoms with Crippen LogP contribution in [0.1, 0.15) is 24.3 Å². The lowest BCUT2D eigenvalue weighted by Crippen LogP contribution is -2.29. The summed E-state index contributed by atoms with van der Waals surface area (Å²) in [6, 6.07) is 9.01. The van der Waals surface area contributed by atoms with E-state index >= 15 is 0 Å². The van der Waals surface area contributed by atoms with Gasteiger partial charge in [0.25, 0.3) is 0 Å². The van der Waals surface area contributed by atoms with E-state index in [0.717, 1.165) is 14.2 Å². The van der Waals surface area contributed by atoms with Gasteiger partial charge in [0.15, 0.2) is 0 Å². The number of nitrogens with one attached hydrogen (secondary N) is 2. The molecule has 28 heavy (non-hydrogen) atoms. The molecular weight excluding hydrogens is 464 g/mol. The first kappa shape index (κ1) is 20.5. The Morgan fingerprint density at radius 1 is 1.36 bits per heavy atom. The van der Waals surface area contributed by atoms with Crippen LogP contribution in [0.15, 0.2) is 50.2 Å². The fraction of sp³-hybridized carbons (Fsp3) is 0.235. The van der Waals surface area contributed by atoms with Gasteiger partial charge in [0.2, 0.25) is 17.0 Å². The van der Waals surface area contributed by atoms with Crippen LogP contribution < -0.4 is 10.6 Å². The normalized spacial score (nSPS) is 11.8. The molecule has 2 amide bonds. The molecule has 1 unspecified atom stereocenters. The van der Waals surface area contributed by atoms with E-state index in [1.54, 1.807) is 11.7 Å². The van der Waals surface area contributed by atoms with Crippen molar-refractivity contribution in [2.24, 2.45) is 7.05 Å². The number of rotatable bonds is 7. The Morgan fingerprint density at radius 3 is 2.82 bits per heavy atom. The lowest BCUT2D eigenvalue weighted by molar-refractivity contribution is -0.120. The topological polar surface area (TPSA) is 102 Å². The third-order valence-corrected chi connectivity index (χ3v) is 6.24. The van der Waals surface area contributed by atoms with Crippen molar-refractivity contribution < 1.29 is 9.59 Å². The smallest absolute Gasteiger partial charge is 0.226 e. The molecule has 0 fully saturated rings. The van der Waals surface area contributed by atoms with Gasteiger partial charge >= 0.3 is 0 Å². The minimum Gasteiger partial charge on any atom is -0.348 e. The van der Waals surface area contributed by atoms with Crippen molar-refractivity contribution in [3.63, 3.8) is 0 Å². The number of carbonyl (C=O) groups excluding carboxylic acids is 2. The molecule has 0 aliphatic carbocycles. The largest absolute Gasteiger partial charge is 0.348 e. The first-order valence-corrected chi connectivity index (χ1v) is 10.7. The van der Waals surface area contributed by atoms with Gasteiger partial charge in [-0.05, 0) is 51.8 Å². The van der Waals surface area contributed by atoms with Crippen LogP contribution in [0.3, 0.4) is 0 Å². The van der Waals surface area contributed by atoms with Crippen LogP contribution in [0.2, 0.25) is 0 Å². The number of aryl methyl sites for hydroxylation is 1. The van der Waals surface area contributed by atoms with E-state index in [2.05, 4.69) is 42.1 Å². The molecular formula is C17H17BrN6O2S2. The number of hydrogen-bond acceptors (Lipinski definition) is 7. The summed E-state index contributed by atoms with van der Waals surface area (Å²) in [7, 11) is 1.75. The average molecular weight is 481 g/mol. The molecule has 2 heterocycles. The van der Waals surface area contributed by atoms with Crippen molar-refractivity contribution in [2.45, 2.75) is 29.4 Å². The first-order valence-electron chi connectivity index (χ1n) is 8.22. The van der Waals surface area contributed by atoms with Crippen LogP contribution in [-0.4, -0.2) is 32.0 Å². The van der Waals surface area contributed by atoms with Crippen molar-refractivity contribution in [2.75, 3.05) is 5.32 Å². The van der Waals surface area contributed by atoms with E-state index in [9.17, 15) is 9.59 Å². The highest BCUT2D eigenvalue weighted by Crippen LogP contribution is 2.34. The second-order valence-corrected chi connectivity index (χ2v) is 8.75. The standard InChI is InChI=1S/C17H17BrN6O2S2/c1-10(25)19-13(14-4-3-7-27-14)9-16(26)20-12-8-11(18)5-6-15(12)28-17-21-22-23-24(17)2/h3-8,13H,9H2,1-2H3,(H,19,25)(H,20,26). The Morgan fingerprint density at radius 2 is 2.18 bits per heavy atom. The summed E-state index contributed by atoms with van der Waals surface area (Å²) >= 11 is 6.28. The SMILES string of the molecule is CC(=O)NC(CC(=O)Nc1cc(Br)ccc1Sc1nnnn1C)c1cccs1. The minimum atomic E-state index is -0.372. The van der Waals surface area contributed by atoms with Gasteiger partial charge in [-0.1, -0.05) is 22.0 Å². The lowest BCUT2D eigenvalue weighted by Gasteiger charge is -2.17. The number of benzene rings is 1. The third-order valence-electron chi connectivity index (χ3n) is 3.65. The highest BCUT2D eigenvalue weighted by molar-refractivity contribution is 9.10. The van der Waals surface area contributed by atoms with Crippen molar-refractivity contribution in [3.05, 3.63) is 45.1 Å². The maximum Gasteiger partial charge on any atom is 0.226 e. The Kier molecular flexibility index (Phi) is 6.81. The highest BCUT2D eigenvalue weighted by Gasteiger charge is 2.19. The Labute approximate surface area is 178 Å². The molecule has 0 saturated heterocycles. The number of thiophene rings is 1. The van der Waals surface area contributed by atoms with Gasteiger partial charge in [-0.3, -0.25) is 9.59 Å². The Hall–Kier alpha value is -2.24. The molecule has 0 saturated carbocycles. The van der Waals surface area contributed by atoms with Crippen LogP contribution in [0.25, 0.3) is 0 Å². The molecule has 3 rings (SSSR count). The second kappa shape index (κ2) is 9.30. The van der Waals surface area contributed by atoms with Crippen LogP contribution in [0.5, 0.6) is 0 Å². The fourth-order valence-corrected chi connectivity index (χ4v) is 4.38. The second-order valence-electron chi connectivity index (χ2n) is 5.85. The Balaban J connectivity index is 1.76. The summed E-state index contributed by atoms with van der Waals surface area (Å²) in [5, 5.41) is 19.7. The molecule has 3 aromatic rings. The predicted molar refractivity (Wildman–Crippen MR) is 111 cm³/mol. The molecule has 2 N–H and O–H groups in total. The number of amides is 2. The maximum atomic E-state index is 12.7. The van der Waals surface area contributed by atoms with Gasteiger partial charge < -0.3 is 10.6 Å². The number of tetrazole rings is 1. The van der Waals surface area contributed by atoms with Crippen LogP contribution in [-0.2, 0) is 16.6 Å². The monoisotopic (exact) mass is 480 g/mol. The van der Waals surface area contributed by atoms with Crippen molar-refractivity contribution in [3.8, 4) is 0 Å². The van der Waals surface area contributed by atoms with Gasteiger partial charge in [0, 0.05) is 28.2 Å². The van der Waals surface area contributed by atoms with E-state index in [4.69, 9.17) is 0 Å². The Bertz CT molecular complexity index is 976. The zero-order chi connectivity index (χ0) is 20.1. The van der Waals surface area contributed by atoms with E-state index in [1.165, 1.54) is 30.0 Å². The van der Waals surface area contributed by atoms with Crippen molar-refractivity contribution in [1.29, 1.82) is 0 Å². The third kappa shape index (κ3) is 5.40. The predicted octanol–water partition coefficient (Wildman–Crippen LogP) is 3.39. The number of aromatic nitrogens is 4. The highest BCUT2D eigenvalue weighted by atomic mass is 79.9. The summed E-state index contributed by atoms with van der Waals surface area (Å²) in [5.74, 6) is -0.386. The zero-order valence-electron chi connectivity index (χ0n) is 15.0. The molecule has 8 nitrogen and oxygen atoms in total. The molecule has 11 heteroatoms. The van der Waals surface area contributed by atoms with Crippen LogP contribution in [0, 0.1) is 0 Å². The summed E-state index contributed by atoms with van der Waals surface area (Å²) in [4.78, 5) is 26.0. The summed E-state index contributed by atoms with van der Waals surface area (Å²) in [6.07, 6.45) is 0.127. The van der Waals surface area contributed by atoms with Gasteiger partial charge in [-0.25, -0.2) is 4.68 Å². The van der Waals surface area contributed by atoms with E-state index in [1.807, 2.05) is 35.7 Å². The minimum absolute atomic E-state index is 0.127. The molecule has 0 spiro atoms. The quantitative estimate of drug-likeness (QED) is 0.537. The molecule has 0 radical (unpaired) electrons. The molecule has 146 valence electrons. The first-order chi connectivity index (χ1) is 13.4.